The van der Waals surface area contributed by atoms with Gasteiger partial charge in [-0.1, -0.05) is 13.8 Å². The van der Waals surface area contributed by atoms with Crippen LogP contribution in [-0.4, -0.2) is 62.0 Å². The van der Waals surface area contributed by atoms with E-state index in [0.717, 1.165) is 26.2 Å². The Morgan fingerprint density at radius 3 is 2.73 bits per heavy atom. The average molecular weight is 213 g/mol. The monoisotopic (exact) mass is 213 g/mol. The van der Waals surface area contributed by atoms with Crippen LogP contribution in [0.25, 0.3) is 0 Å². The number of piperazine rings is 1. The first-order valence-electron chi connectivity index (χ1n) is 5.67. The molecule has 1 N–H and O–H groups in total. The van der Waals surface area contributed by atoms with E-state index in [2.05, 4.69) is 24.1 Å². The number of likely N-dealkylation sites (N-methyl/N-ethyl adjacent to an activating group) is 1. The summed E-state index contributed by atoms with van der Waals surface area (Å²) in [5.41, 5.74) is 0. The first kappa shape index (κ1) is 12.5. The lowest BCUT2D eigenvalue weighted by Crippen LogP contribution is -2.58. The van der Waals surface area contributed by atoms with E-state index in [0.29, 0.717) is 5.92 Å². The molecule has 1 aliphatic rings. The Bertz CT molecular complexity index is 196. The molecule has 1 atom stereocenters. The van der Waals surface area contributed by atoms with Crippen LogP contribution in [0, 0.1) is 5.92 Å². The second-order valence-electron chi connectivity index (χ2n) is 4.95. The third-order valence-electron chi connectivity index (χ3n) is 2.52. The summed E-state index contributed by atoms with van der Waals surface area (Å²) in [6.45, 7) is 7.72. The van der Waals surface area contributed by atoms with Crippen molar-refractivity contribution in [1.82, 2.24) is 15.1 Å². The third kappa shape index (κ3) is 3.80. The number of amides is 1. The Morgan fingerprint density at radius 1 is 1.53 bits per heavy atom. The molecular formula is C11H23N3O. The minimum absolute atomic E-state index is 0.0208. The van der Waals surface area contributed by atoms with Crippen molar-refractivity contribution in [2.75, 3.05) is 40.3 Å². The van der Waals surface area contributed by atoms with Crippen molar-refractivity contribution < 1.29 is 4.79 Å². The molecule has 0 spiro atoms. The Morgan fingerprint density at radius 2 is 2.20 bits per heavy atom. The summed E-state index contributed by atoms with van der Waals surface area (Å²) < 4.78 is 0. The Kier molecular flexibility index (Phi) is 4.54. The molecule has 15 heavy (non-hydrogen) atoms. The molecule has 0 radical (unpaired) electrons. The predicted molar refractivity (Wildman–Crippen MR) is 61.8 cm³/mol. The summed E-state index contributed by atoms with van der Waals surface area (Å²) in [6.07, 6.45) is 0. The first-order chi connectivity index (χ1) is 7.00. The van der Waals surface area contributed by atoms with E-state index in [1.54, 1.807) is 0 Å². The largest absolute Gasteiger partial charge is 0.340 e. The highest BCUT2D eigenvalue weighted by Gasteiger charge is 2.28. The van der Waals surface area contributed by atoms with Crippen molar-refractivity contribution in [3.8, 4) is 0 Å². The van der Waals surface area contributed by atoms with E-state index in [4.69, 9.17) is 0 Å². The van der Waals surface area contributed by atoms with Crippen LogP contribution in [0.1, 0.15) is 13.8 Å². The van der Waals surface area contributed by atoms with Crippen LogP contribution in [0.5, 0.6) is 0 Å². The highest BCUT2D eigenvalue weighted by Crippen LogP contribution is 2.06. The van der Waals surface area contributed by atoms with Gasteiger partial charge in [-0.25, -0.2) is 0 Å². The molecule has 1 heterocycles. The van der Waals surface area contributed by atoms with Gasteiger partial charge in [-0.05, 0) is 20.0 Å². The summed E-state index contributed by atoms with van der Waals surface area (Å²) in [6, 6.07) is -0.0208. The highest BCUT2D eigenvalue weighted by molar-refractivity contribution is 5.82. The second kappa shape index (κ2) is 5.47. The first-order valence-corrected chi connectivity index (χ1v) is 5.67. The van der Waals surface area contributed by atoms with Crippen LogP contribution in [0.3, 0.4) is 0 Å². The number of nitrogens with zero attached hydrogens (tertiary/aromatic N) is 2. The van der Waals surface area contributed by atoms with Crippen LogP contribution < -0.4 is 5.32 Å². The normalized spacial score (nSPS) is 22.9. The fraction of sp³-hybridized carbons (Fsp3) is 0.909. The molecule has 88 valence electrons. The van der Waals surface area contributed by atoms with Gasteiger partial charge in [-0.3, -0.25) is 4.79 Å². The van der Waals surface area contributed by atoms with Gasteiger partial charge in [0.05, 0.1) is 6.04 Å². The van der Waals surface area contributed by atoms with Gasteiger partial charge in [-0.2, -0.15) is 0 Å². The quantitative estimate of drug-likeness (QED) is 0.714. The standard InChI is InChI=1S/C11H23N3O/c1-9(2)7-14-6-5-12-10(11(14)15)8-13(3)4/h9-10,12H,5-8H2,1-4H3. The highest BCUT2D eigenvalue weighted by atomic mass is 16.2. The predicted octanol–water partition coefficient (Wildman–Crippen LogP) is 0.00440. The third-order valence-corrected chi connectivity index (χ3v) is 2.52. The molecule has 0 aromatic carbocycles. The Labute approximate surface area is 92.6 Å². The zero-order valence-electron chi connectivity index (χ0n) is 10.3. The van der Waals surface area contributed by atoms with Gasteiger partial charge >= 0.3 is 0 Å². The molecule has 1 rings (SSSR count). The molecule has 0 bridgehead atoms. The lowest BCUT2D eigenvalue weighted by Gasteiger charge is -2.35. The van der Waals surface area contributed by atoms with Crippen LogP contribution in [0.4, 0.5) is 0 Å². The maximum Gasteiger partial charge on any atom is 0.241 e. The minimum Gasteiger partial charge on any atom is -0.340 e. The van der Waals surface area contributed by atoms with Crippen LogP contribution >= 0.6 is 0 Å². The SMILES string of the molecule is CC(C)CN1CCNC(CN(C)C)C1=O. The number of hydrogen-bond acceptors (Lipinski definition) is 3. The number of carbonyl (C=O) groups is 1. The minimum atomic E-state index is -0.0208. The molecule has 4 heteroatoms. The van der Waals surface area contributed by atoms with E-state index in [-0.39, 0.29) is 11.9 Å². The lowest BCUT2D eigenvalue weighted by molar-refractivity contribution is -0.136. The van der Waals surface area contributed by atoms with Gasteiger partial charge in [0.25, 0.3) is 0 Å². The topological polar surface area (TPSA) is 35.6 Å². The molecule has 1 saturated heterocycles. The second-order valence-corrected chi connectivity index (χ2v) is 4.95. The summed E-state index contributed by atoms with van der Waals surface area (Å²) in [5, 5.41) is 3.27. The Balaban J connectivity index is 2.51. The summed E-state index contributed by atoms with van der Waals surface area (Å²) in [5.74, 6) is 0.802. The smallest absolute Gasteiger partial charge is 0.241 e. The maximum absolute atomic E-state index is 12.0. The van der Waals surface area contributed by atoms with Gasteiger partial charge in [0.15, 0.2) is 0 Å². The van der Waals surface area contributed by atoms with E-state index in [1.165, 1.54) is 0 Å². The molecular weight excluding hydrogens is 190 g/mol. The molecule has 1 amide bonds. The zero-order chi connectivity index (χ0) is 11.4. The molecule has 1 aliphatic heterocycles. The molecule has 0 aromatic heterocycles. The molecule has 0 aliphatic carbocycles. The van der Waals surface area contributed by atoms with Gasteiger partial charge in [0.2, 0.25) is 5.91 Å². The molecule has 1 unspecified atom stereocenters. The summed E-state index contributed by atoms with van der Waals surface area (Å²) >= 11 is 0. The molecule has 0 aromatic rings. The van der Waals surface area contributed by atoms with Crippen molar-refractivity contribution in [2.45, 2.75) is 19.9 Å². The van der Waals surface area contributed by atoms with Gasteiger partial charge in [-0.15, -0.1) is 0 Å². The van der Waals surface area contributed by atoms with E-state index < -0.39 is 0 Å². The number of nitrogens with one attached hydrogen (secondary N) is 1. The zero-order valence-corrected chi connectivity index (χ0v) is 10.3. The summed E-state index contributed by atoms with van der Waals surface area (Å²) in [7, 11) is 3.99. The number of rotatable bonds is 4. The fourth-order valence-electron chi connectivity index (χ4n) is 1.92. The molecule has 4 nitrogen and oxygen atoms in total. The number of carbonyl (C=O) groups excluding carboxylic acids is 1. The van der Waals surface area contributed by atoms with E-state index in [1.807, 2.05) is 19.0 Å². The number of hydrogen-bond donors (Lipinski definition) is 1. The van der Waals surface area contributed by atoms with Crippen LogP contribution in [0.2, 0.25) is 0 Å². The van der Waals surface area contributed by atoms with Gasteiger partial charge in [0.1, 0.15) is 0 Å². The van der Waals surface area contributed by atoms with Crippen LogP contribution in [-0.2, 0) is 4.79 Å². The summed E-state index contributed by atoms with van der Waals surface area (Å²) in [4.78, 5) is 16.1. The van der Waals surface area contributed by atoms with Crippen molar-refractivity contribution in [2.24, 2.45) is 5.92 Å². The van der Waals surface area contributed by atoms with E-state index in [9.17, 15) is 4.79 Å². The van der Waals surface area contributed by atoms with Crippen molar-refractivity contribution in [1.29, 1.82) is 0 Å². The van der Waals surface area contributed by atoms with Crippen molar-refractivity contribution in [3.63, 3.8) is 0 Å². The Hall–Kier alpha value is -0.610. The van der Waals surface area contributed by atoms with Gasteiger partial charge < -0.3 is 15.1 Å². The maximum atomic E-state index is 12.0. The fourth-order valence-corrected chi connectivity index (χ4v) is 1.92. The molecule has 1 fully saturated rings. The molecule has 0 saturated carbocycles. The van der Waals surface area contributed by atoms with Gasteiger partial charge in [0, 0.05) is 26.2 Å². The van der Waals surface area contributed by atoms with E-state index >= 15 is 0 Å². The van der Waals surface area contributed by atoms with Crippen LogP contribution in [0.15, 0.2) is 0 Å². The van der Waals surface area contributed by atoms with Crippen molar-refractivity contribution in [3.05, 3.63) is 0 Å². The lowest BCUT2D eigenvalue weighted by atomic mass is 10.1. The average Bonchev–Trinajstić information content (AvgIpc) is 2.10. The van der Waals surface area contributed by atoms with Crippen molar-refractivity contribution >= 4 is 5.91 Å².